The third-order valence-electron chi connectivity index (χ3n) is 8.36. The molecule has 0 fully saturated rings. The number of benzene rings is 2. The van der Waals surface area contributed by atoms with Gasteiger partial charge in [0.05, 0.1) is 16.9 Å². The number of likely N-dealkylation sites (N-methyl/N-ethyl adjacent to an activating group) is 1. The van der Waals surface area contributed by atoms with Crippen molar-refractivity contribution in [2.75, 3.05) is 37.0 Å². The van der Waals surface area contributed by atoms with Crippen LogP contribution in [0.4, 0.5) is 11.4 Å². The Labute approximate surface area is 291 Å². The van der Waals surface area contributed by atoms with Crippen molar-refractivity contribution in [3.63, 3.8) is 0 Å². The Morgan fingerprint density at radius 3 is 1.72 bits per heavy atom. The molecule has 2 aromatic heterocycles. The van der Waals surface area contributed by atoms with Crippen molar-refractivity contribution >= 4 is 22.3 Å². The van der Waals surface area contributed by atoms with Gasteiger partial charge in [-0.2, -0.15) is 0 Å². The second kappa shape index (κ2) is 22.3. The number of hydrogen-bond acceptors (Lipinski definition) is 3. The molecule has 4 heterocycles. The van der Waals surface area contributed by atoms with Crippen molar-refractivity contribution in [3.8, 4) is 0 Å². The molecule has 2 aliphatic rings. The van der Waals surface area contributed by atoms with Crippen molar-refractivity contribution in [2.24, 2.45) is 7.05 Å². The number of para-hydroxylation sites is 2. The molecule has 0 bridgehead atoms. The van der Waals surface area contributed by atoms with Gasteiger partial charge in [-0.25, -0.2) is 0 Å². The molecule has 0 saturated heterocycles. The van der Waals surface area contributed by atoms with E-state index in [-0.39, 0.29) is 7.43 Å². The van der Waals surface area contributed by atoms with E-state index in [1.807, 2.05) is 47.7 Å². The lowest BCUT2D eigenvalue weighted by Gasteiger charge is -2.30. The predicted molar refractivity (Wildman–Crippen MR) is 215 cm³/mol. The zero-order chi connectivity index (χ0) is 35.0. The summed E-state index contributed by atoms with van der Waals surface area (Å²) in [4.78, 5) is 9.20. The van der Waals surface area contributed by atoms with Crippen LogP contribution in [0.2, 0.25) is 0 Å². The molecule has 264 valence electrons. The van der Waals surface area contributed by atoms with Crippen molar-refractivity contribution in [3.05, 3.63) is 88.9 Å². The Morgan fingerprint density at radius 1 is 0.596 bits per heavy atom. The first kappa shape index (κ1) is 43.7. The number of aryl methyl sites for hydroxylation is 2. The summed E-state index contributed by atoms with van der Waals surface area (Å²) in [5.41, 5.74) is 11.4. The van der Waals surface area contributed by atoms with Crippen LogP contribution in [-0.2, 0) is 19.9 Å². The van der Waals surface area contributed by atoms with E-state index in [2.05, 4.69) is 137 Å². The normalized spacial score (nSPS) is 12.5. The van der Waals surface area contributed by atoms with Gasteiger partial charge in [0, 0.05) is 52.3 Å². The molecule has 4 heteroatoms. The maximum absolute atomic E-state index is 4.47. The summed E-state index contributed by atoms with van der Waals surface area (Å²) < 4.78 is 2.20. The molecule has 2 aliphatic heterocycles. The van der Waals surface area contributed by atoms with Gasteiger partial charge in [-0.3, -0.25) is 4.98 Å². The number of fused-ring (bicyclic) bond motifs is 3. The summed E-state index contributed by atoms with van der Waals surface area (Å²) in [6, 6.07) is 17.5. The first-order chi connectivity index (χ1) is 22.1. The summed E-state index contributed by atoms with van der Waals surface area (Å²) in [5.74, 6) is 1.82. The highest BCUT2D eigenvalue weighted by molar-refractivity contribution is 5.83. The Balaban J connectivity index is 0.000000619. The summed E-state index contributed by atoms with van der Waals surface area (Å²) in [6.07, 6.45) is 7.66. The van der Waals surface area contributed by atoms with Crippen LogP contribution in [0, 0.1) is 0 Å². The third-order valence-corrected chi connectivity index (χ3v) is 8.36. The van der Waals surface area contributed by atoms with Gasteiger partial charge in [-0.1, -0.05) is 127 Å². The summed E-state index contributed by atoms with van der Waals surface area (Å²) in [7, 11) is 6.47. The maximum atomic E-state index is 4.47. The van der Waals surface area contributed by atoms with Gasteiger partial charge in [0.15, 0.2) is 0 Å². The monoisotopic (exact) mass is 645 g/mol. The van der Waals surface area contributed by atoms with Crippen molar-refractivity contribution in [2.45, 2.75) is 128 Å². The molecule has 0 saturated carbocycles. The molecule has 4 aromatic rings. The van der Waals surface area contributed by atoms with Gasteiger partial charge in [0.25, 0.3) is 0 Å². The zero-order valence-corrected chi connectivity index (χ0v) is 32.3. The number of hydrogen-bond donors (Lipinski definition) is 0. The fourth-order valence-electron chi connectivity index (χ4n) is 6.20. The highest BCUT2D eigenvalue weighted by Gasteiger charge is 2.20. The topological polar surface area (TPSA) is 24.3 Å². The lowest BCUT2D eigenvalue weighted by molar-refractivity contribution is 0.709. The average molecular weight is 645 g/mol. The minimum atomic E-state index is 0. The molecule has 0 amide bonds. The second-order valence-corrected chi connectivity index (χ2v) is 12.4. The highest BCUT2D eigenvalue weighted by atomic mass is 15.1. The zero-order valence-electron chi connectivity index (χ0n) is 32.3. The van der Waals surface area contributed by atoms with Crippen molar-refractivity contribution in [1.29, 1.82) is 0 Å². The van der Waals surface area contributed by atoms with E-state index in [9.17, 15) is 0 Å². The Hall–Kier alpha value is -3.27. The molecule has 0 N–H and O–H groups in total. The van der Waals surface area contributed by atoms with Crippen LogP contribution in [-0.4, -0.2) is 36.7 Å². The molecular formula is C43H72N4. The molecule has 0 radical (unpaired) electrons. The van der Waals surface area contributed by atoms with Crippen LogP contribution in [0.3, 0.4) is 0 Å². The van der Waals surface area contributed by atoms with Crippen molar-refractivity contribution in [1.82, 2.24) is 9.55 Å². The average Bonchev–Trinajstić information content (AvgIpc) is 3.66. The minimum absolute atomic E-state index is 0. The molecule has 0 aliphatic carbocycles. The molecule has 6 rings (SSSR count). The predicted octanol–water partition coefficient (Wildman–Crippen LogP) is 12.4. The maximum Gasteiger partial charge on any atom is 0.0640 e. The smallest absolute Gasteiger partial charge is 0.0640 e. The molecule has 4 nitrogen and oxygen atoms in total. The third kappa shape index (κ3) is 11.4. The lowest BCUT2D eigenvalue weighted by Crippen LogP contribution is -2.27. The highest BCUT2D eigenvalue weighted by Crippen LogP contribution is 2.35. The van der Waals surface area contributed by atoms with E-state index >= 15 is 0 Å². The van der Waals surface area contributed by atoms with Crippen molar-refractivity contribution < 1.29 is 0 Å². The quantitative estimate of drug-likeness (QED) is 0.222. The van der Waals surface area contributed by atoms with Crippen LogP contribution in [0.25, 0.3) is 10.9 Å². The molecular weight excluding hydrogens is 573 g/mol. The molecule has 0 spiro atoms. The van der Waals surface area contributed by atoms with E-state index in [4.69, 9.17) is 0 Å². The fourth-order valence-corrected chi connectivity index (χ4v) is 6.20. The Morgan fingerprint density at radius 2 is 1.13 bits per heavy atom. The van der Waals surface area contributed by atoms with Crippen LogP contribution in [0.1, 0.15) is 143 Å². The minimum Gasteiger partial charge on any atom is -0.374 e. The lowest BCUT2D eigenvalue weighted by atomic mass is 9.96. The Bertz CT molecular complexity index is 1410. The van der Waals surface area contributed by atoms with E-state index in [1.54, 1.807) is 0 Å². The SMILES string of the molecule is C.CC.CC.CC.CC(C)c1cccc2c1N(C)CC2.CC(C)c1cccc2ccn(C)c12.CC(C)c1ccnc2c1N(C)CCC2. The second-order valence-electron chi connectivity index (χ2n) is 12.4. The van der Waals surface area contributed by atoms with Crippen LogP contribution in [0.15, 0.2) is 60.9 Å². The number of pyridine rings is 1. The van der Waals surface area contributed by atoms with Crippen LogP contribution in [0.5, 0.6) is 0 Å². The molecule has 47 heavy (non-hydrogen) atoms. The molecule has 2 aromatic carbocycles. The summed E-state index contributed by atoms with van der Waals surface area (Å²) >= 11 is 0. The first-order valence-corrected chi connectivity index (χ1v) is 18.2. The molecule has 0 unspecified atom stereocenters. The number of aromatic nitrogens is 2. The van der Waals surface area contributed by atoms with Gasteiger partial charge >= 0.3 is 0 Å². The van der Waals surface area contributed by atoms with Gasteiger partial charge in [-0.15, -0.1) is 0 Å². The van der Waals surface area contributed by atoms with E-state index in [0.29, 0.717) is 17.8 Å². The van der Waals surface area contributed by atoms with Crippen LogP contribution < -0.4 is 9.80 Å². The Kier molecular flexibility index (Phi) is 20.8. The molecule has 0 atom stereocenters. The largest absolute Gasteiger partial charge is 0.374 e. The number of anilines is 2. The van der Waals surface area contributed by atoms with E-state index in [0.717, 1.165) is 6.42 Å². The summed E-state index contributed by atoms with van der Waals surface area (Å²) in [6.45, 7) is 27.8. The summed E-state index contributed by atoms with van der Waals surface area (Å²) in [5, 5.41) is 1.34. The first-order valence-electron chi connectivity index (χ1n) is 18.2. The van der Waals surface area contributed by atoms with E-state index < -0.39 is 0 Å². The number of nitrogens with zero attached hydrogens (tertiary/aromatic N) is 4. The van der Waals surface area contributed by atoms with Gasteiger partial charge in [0.1, 0.15) is 0 Å². The number of rotatable bonds is 3. The van der Waals surface area contributed by atoms with Gasteiger partial charge in [0.2, 0.25) is 0 Å². The van der Waals surface area contributed by atoms with E-state index in [1.165, 1.54) is 76.2 Å². The van der Waals surface area contributed by atoms with Crippen LogP contribution >= 0.6 is 0 Å². The van der Waals surface area contributed by atoms with Gasteiger partial charge in [-0.05, 0) is 76.8 Å². The van der Waals surface area contributed by atoms with Gasteiger partial charge < -0.3 is 14.4 Å². The fraction of sp³-hybridized carbons (Fsp3) is 0.558. The standard InChI is InChI=1S/C12H18N2.C12H17N.C12H15N.3C2H6.CH4/c1-9(2)10-6-7-13-11-5-4-8-14(3)12(10)11;2*1-9(2)11-6-4-5-10-7-8-13(3)12(10)11;3*1-2;/h6-7,9H,4-5,8H2,1-3H3;4-6,9H,7-8H2,1-3H3;4-9H,1-3H3;3*1-2H3;1H4.